The SMILES string of the molecule is COCCCNC(=O)CC(=O)NCCOC. The van der Waals surface area contributed by atoms with E-state index in [9.17, 15) is 9.59 Å². The molecule has 16 heavy (non-hydrogen) atoms. The average molecular weight is 232 g/mol. The van der Waals surface area contributed by atoms with Crippen LogP contribution in [-0.4, -0.2) is 52.3 Å². The second-order valence-electron chi connectivity index (χ2n) is 3.22. The lowest BCUT2D eigenvalue weighted by Crippen LogP contribution is -2.34. The molecule has 0 rings (SSSR count). The van der Waals surface area contributed by atoms with E-state index in [2.05, 4.69) is 10.6 Å². The fourth-order valence-corrected chi connectivity index (χ4v) is 1.01. The van der Waals surface area contributed by atoms with Gasteiger partial charge in [0.1, 0.15) is 6.42 Å². The van der Waals surface area contributed by atoms with Gasteiger partial charge < -0.3 is 20.1 Å². The molecule has 0 bridgehead atoms. The van der Waals surface area contributed by atoms with E-state index in [0.29, 0.717) is 26.3 Å². The average Bonchev–Trinajstić information content (AvgIpc) is 2.25. The summed E-state index contributed by atoms with van der Waals surface area (Å²) in [6, 6.07) is 0. The van der Waals surface area contributed by atoms with E-state index in [-0.39, 0.29) is 18.2 Å². The monoisotopic (exact) mass is 232 g/mol. The molecule has 0 unspecified atom stereocenters. The molecule has 0 fully saturated rings. The van der Waals surface area contributed by atoms with Crippen LogP contribution >= 0.6 is 0 Å². The van der Waals surface area contributed by atoms with Gasteiger partial charge >= 0.3 is 0 Å². The van der Waals surface area contributed by atoms with E-state index in [1.807, 2.05) is 0 Å². The summed E-state index contributed by atoms with van der Waals surface area (Å²) in [4.78, 5) is 22.4. The van der Waals surface area contributed by atoms with Crippen LogP contribution in [0.2, 0.25) is 0 Å². The van der Waals surface area contributed by atoms with Gasteiger partial charge in [0.2, 0.25) is 11.8 Å². The lowest BCUT2D eigenvalue weighted by atomic mass is 10.3. The first-order valence-corrected chi connectivity index (χ1v) is 5.22. The third-order valence-electron chi connectivity index (χ3n) is 1.80. The summed E-state index contributed by atoms with van der Waals surface area (Å²) < 4.78 is 9.59. The summed E-state index contributed by atoms with van der Waals surface area (Å²) >= 11 is 0. The number of ether oxygens (including phenoxy) is 2. The molecular weight excluding hydrogens is 212 g/mol. The zero-order chi connectivity index (χ0) is 12.2. The Morgan fingerprint density at radius 3 is 2.06 bits per heavy atom. The van der Waals surface area contributed by atoms with Crippen LogP contribution in [-0.2, 0) is 19.1 Å². The van der Waals surface area contributed by atoms with Gasteiger partial charge in [-0.05, 0) is 6.42 Å². The van der Waals surface area contributed by atoms with Crippen LogP contribution in [0.25, 0.3) is 0 Å². The smallest absolute Gasteiger partial charge is 0.229 e. The zero-order valence-electron chi connectivity index (χ0n) is 9.88. The van der Waals surface area contributed by atoms with Gasteiger partial charge in [-0.25, -0.2) is 0 Å². The minimum absolute atomic E-state index is 0.142. The van der Waals surface area contributed by atoms with E-state index >= 15 is 0 Å². The molecule has 0 heterocycles. The normalized spacial score (nSPS) is 9.88. The molecular formula is C10H20N2O4. The standard InChI is InChI=1S/C10H20N2O4/c1-15-6-3-4-11-9(13)8-10(14)12-5-7-16-2/h3-8H2,1-2H3,(H,11,13)(H,12,14). The predicted molar refractivity (Wildman–Crippen MR) is 59.0 cm³/mol. The van der Waals surface area contributed by atoms with E-state index in [0.717, 1.165) is 6.42 Å². The lowest BCUT2D eigenvalue weighted by Gasteiger charge is -2.05. The third-order valence-corrected chi connectivity index (χ3v) is 1.80. The van der Waals surface area contributed by atoms with Gasteiger partial charge in [0, 0.05) is 33.9 Å². The first kappa shape index (κ1) is 14.9. The summed E-state index contributed by atoms with van der Waals surface area (Å²) in [7, 11) is 3.15. The van der Waals surface area contributed by atoms with Crippen LogP contribution in [0, 0.1) is 0 Å². The van der Waals surface area contributed by atoms with Gasteiger partial charge in [-0.15, -0.1) is 0 Å². The Labute approximate surface area is 95.7 Å². The minimum Gasteiger partial charge on any atom is -0.385 e. The summed E-state index contributed by atoms with van der Waals surface area (Å²) in [6.07, 6.45) is 0.601. The van der Waals surface area contributed by atoms with Crippen molar-refractivity contribution in [3.05, 3.63) is 0 Å². The van der Waals surface area contributed by atoms with Crippen molar-refractivity contribution < 1.29 is 19.1 Å². The quantitative estimate of drug-likeness (QED) is 0.407. The molecule has 0 aromatic rings. The molecule has 0 aliphatic heterocycles. The van der Waals surface area contributed by atoms with E-state index in [1.54, 1.807) is 14.2 Å². The van der Waals surface area contributed by atoms with Crippen molar-refractivity contribution in [3.8, 4) is 0 Å². The molecule has 2 amide bonds. The van der Waals surface area contributed by atoms with Crippen molar-refractivity contribution in [1.29, 1.82) is 0 Å². The third kappa shape index (κ3) is 9.42. The number of nitrogens with one attached hydrogen (secondary N) is 2. The molecule has 6 nitrogen and oxygen atoms in total. The van der Waals surface area contributed by atoms with Crippen LogP contribution in [0.4, 0.5) is 0 Å². The molecule has 0 radical (unpaired) electrons. The Hall–Kier alpha value is -1.14. The number of carbonyl (C=O) groups is 2. The Balaban J connectivity index is 3.43. The van der Waals surface area contributed by atoms with Gasteiger partial charge in [0.05, 0.1) is 6.61 Å². The van der Waals surface area contributed by atoms with Crippen LogP contribution in [0.1, 0.15) is 12.8 Å². The van der Waals surface area contributed by atoms with Gasteiger partial charge in [-0.1, -0.05) is 0 Å². The molecule has 0 aromatic carbocycles. The predicted octanol–water partition coefficient (Wildman–Crippen LogP) is -0.708. The largest absolute Gasteiger partial charge is 0.385 e. The molecule has 94 valence electrons. The minimum atomic E-state index is -0.290. The fourth-order valence-electron chi connectivity index (χ4n) is 1.01. The molecule has 0 aliphatic carbocycles. The van der Waals surface area contributed by atoms with Gasteiger partial charge in [0.15, 0.2) is 0 Å². The number of carbonyl (C=O) groups excluding carboxylic acids is 2. The van der Waals surface area contributed by atoms with E-state index in [4.69, 9.17) is 9.47 Å². The molecule has 0 saturated carbocycles. The lowest BCUT2D eigenvalue weighted by molar-refractivity contribution is -0.129. The van der Waals surface area contributed by atoms with Crippen molar-refractivity contribution in [2.75, 3.05) is 40.5 Å². The van der Waals surface area contributed by atoms with Gasteiger partial charge in [0.25, 0.3) is 0 Å². The molecule has 0 aromatic heterocycles. The maximum absolute atomic E-state index is 11.2. The summed E-state index contributed by atoms with van der Waals surface area (Å²) in [6.45, 7) is 1.99. The van der Waals surface area contributed by atoms with Crippen molar-refractivity contribution in [1.82, 2.24) is 10.6 Å². The van der Waals surface area contributed by atoms with Crippen molar-refractivity contribution in [2.24, 2.45) is 0 Å². The van der Waals surface area contributed by atoms with Crippen LogP contribution in [0.3, 0.4) is 0 Å². The topological polar surface area (TPSA) is 76.7 Å². The highest BCUT2D eigenvalue weighted by Crippen LogP contribution is 1.83. The molecule has 0 spiro atoms. The number of amides is 2. The highest BCUT2D eigenvalue weighted by molar-refractivity contribution is 5.96. The highest BCUT2D eigenvalue weighted by atomic mass is 16.5. The Kier molecular flexibility index (Phi) is 9.64. The molecule has 0 saturated heterocycles. The second-order valence-corrected chi connectivity index (χ2v) is 3.22. The van der Waals surface area contributed by atoms with Crippen LogP contribution < -0.4 is 10.6 Å². The first-order valence-electron chi connectivity index (χ1n) is 5.22. The summed E-state index contributed by atoms with van der Waals surface area (Å²) in [5.74, 6) is -0.563. The molecule has 0 atom stereocenters. The van der Waals surface area contributed by atoms with Crippen LogP contribution in [0.15, 0.2) is 0 Å². The Morgan fingerprint density at radius 1 is 0.938 bits per heavy atom. The Bertz CT molecular complexity index is 209. The molecule has 2 N–H and O–H groups in total. The number of hydrogen-bond acceptors (Lipinski definition) is 4. The maximum atomic E-state index is 11.2. The summed E-state index contributed by atoms with van der Waals surface area (Å²) in [5, 5.41) is 5.19. The van der Waals surface area contributed by atoms with Gasteiger partial charge in [-0.2, -0.15) is 0 Å². The number of rotatable bonds is 9. The molecule has 6 heteroatoms. The second kappa shape index (κ2) is 10.4. The van der Waals surface area contributed by atoms with Gasteiger partial charge in [-0.3, -0.25) is 9.59 Å². The number of hydrogen-bond donors (Lipinski definition) is 2. The fraction of sp³-hybridized carbons (Fsp3) is 0.800. The van der Waals surface area contributed by atoms with Crippen molar-refractivity contribution >= 4 is 11.8 Å². The van der Waals surface area contributed by atoms with E-state index < -0.39 is 0 Å². The zero-order valence-corrected chi connectivity index (χ0v) is 9.88. The van der Waals surface area contributed by atoms with E-state index in [1.165, 1.54) is 0 Å². The number of methoxy groups -OCH3 is 2. The molecule has 0 aliphatic rings. The van der Waals surface area contributed by atoms with Crippen LogP contribution in [0.5, 0.6) is 0 Å². The maximum Gasteiger partial charge on any atom is 0.229 e. The highest BCUT2D eigenvalue weighted by Gasteiger charge is 2.07. The van der Waals surface area contributed by atoms with Crippen molar-refractivity contribution in [2.45, 2.75) is 12.8 Å². The van der Waals surface area contributed by atoms with Crippen molar-refractivity contribution in [3.63, 3.8) is 0 Å². The Morgan fingerprint density at radius 2 is 1.50 bits per heavy atom. The summed E-state index contributed by atoms with van der Waals surface area (Å²) in [5.41, 5.74) is 0. The first-order chi connectivity index (χ1) is 7.70.